The second-order valence-electron chi connectivity index (χ2n) is 4.90. The number of benzene rings is 1. The van der Waals surface area contributed by atoms with Crippen molar-refractivity contribution in [1.82, 2.24) is 0 Å². The summed E-state index contributed by atoms with van der Waals surface area (Å²) >= 11 is 0. The van der Waals surface area contributed by atoms with Crippen LogP contribution >= 0.6 is 0 Å². The summed E-state index contributed by atoms with van der Waals surface area (Å²) in [7, 11) is 3.27. The van der Waals surface area contributed by atoms with Gasteiger partial charge in [0.05, 0.1) is 19.6 Å². The van der Waals surface area contributed by atoms with Crippen molar-refractivity contribution in [1.29, 1.82) is 0 Å². The molecule has 98 valence electrons. The van der Waals surface area contributed by atoms with E-state index >= 15 is 0 Å². The number of carbonyl (C=O) groups is 1. The van der Waals surface area contributed by atoms with Crippen molar-refractivity contribution < 1.29 is 14.3 Å². The van der Waals surface area contributed by atoms with Crippen molar-refractivity contribution in [2.24, 2.45) is 0 Å². The molecule has 0 bridgehead atoms. The maximum atomic E-state index is 11.6. The number of hydrogen-bond donors (Lipinski definition) is 0. The Morgan fingerprint density at radius 2 is 1.83 bits per heavy atom. The molecule has 3 heteroatoms. The fourth-order valence-corrected chi connectivity index (χ4v) is 2.84. The number of methoxy groups -OCH3 is 2. The average Bonchev–Trinajstić information content (AvgIpc) is 2.47. The van der Waals surface area contributed by atoms with Gasteiger partial charge in [-0.05, 0) is 18.9 Å². The second kappa shape index (κ2) is 5.42. The van der Waals surface area contributed by atoms with Gasteiger partial charge in [-0.2, -0.15) is 0 Å². The van der Waals surface area contributed by atoms with Crippen molar-refractivity contribution in [3.63, 3.8) is 0 Å². The van der Waals surface area contributed by atoms with Gasteiger partial charge in [-0.15, -0.1) is 0 Å². The van der Waals surface area contributed by atoms with Gasteiger partial charge < -0.3 is 14.3 Å². The quantitative estimate of drug-likeness (QED) is 0.768. The minimum Gasteiger partial charge on any atom is -0.497 e. The Hall–Kier alpha value is -1.51. The fourth-order valence-electron chi connectivity index (χ4n) is 2.84. The molecule has 0 aliphatic heterocycles. The van der Waals surface area contributed by atoms with Crippen LogP contribution in [-0.4, -0.2) is 20.5 Å². The Morgan fingerprint density at radius 1 is 1.11 bits per heavy atom. The maximum Gasteiger partial charge on any atom is 0.130 e. The third kappa shape index (κ3) is 2.22. The highest BCUT2D eigenvalue weighted by atomic mass is 16.5. The summed E-state index contributed by atoms with van der Waals surface area (Å²) in [4.78, 5) is 11.6. The second-order valence-corrected chi connectivity index (χ2v) is 4.90. The summed E-state index contributed by atoms with van der Waals surface area (Å²) in [5, 5.41) is 0. The highest BCUT2D eigenvalue weighted by molar-refractivity contribution is 5.71. The van der Waals surface area contributed by atoms with Crippen LogP contribution in [0.1, 0.15) is 37.7 Å². The molecule has 0 amide bonds. The van der Waals surface area contributed by atoms with Crippen molar-refractivity contribution in [3.8, 4) is 11.5 Å². The van der Waals surface area contributed by atoms with Crippen LogP contribution in [-0.2, 0) is 10.2 Å². The van der Waals surface area contributed by atoms with E-state index in [0.717, 1.165) is 49.0 Å². The molecule has 2 rings (SSSR count). The molecule has 0 unspecified atom stereocenters. The van der Waals surface area contributed by atoms with Gasteiger partial charge in [-0.3, -0.25) is 0 Å². The lowest BCUT2D eigenvalue weighted by Crippen LogP contribution is -2.31. The molecule has 0 N–H and O–H groups in total. The lowest BCUT2D eigenvalue weighted by atomic mass is 9.70. The third-order valence-electron chi connectivity index (χ3n) is 3.92. The summed E-state index contributed by atoms with van der Waals surface area (Å²) in [6.07, 6.45) is 6.37. The predicted octanol–water partition coefficient (Wildman–Crippen LogP) is 3.10. The van der Waals surface area contributed by atoms with Gasteiger partial charge in [0.25, 0.3) is 0 Å². The first kappa shape index (κ1) is 12.9. The van der Waals surface area contributed by atoms with Gasteiger partial charge in [-0.1, -0.05) is 25.3 Å². The van der Waals surface area contributed by atoms with E-state index in [1.165, 1.54) is 6.42 Å². The zero-order valence-corrected chi connectivity index (χ0v) is 11.1. The summed E-state index contributed by atoms with van der Waals surface area (Å²) in [6.45, 7) is 0. The molecular formula is C15H20O3. The van der Waals surface area contributed by atoms with Gasteiger partial charge in [0.15, 0.2) is 0 Å². The summed E-state index contributed by atoms with van der Waals surface area (Å²) in [5.74, 6) is 1.51. The minimum atomic E-state index is -0.365. The topological polar surface area (TPSA) is 35.5 Å². The summed E-state index contributed by atoms with van der Waals surface area (Å²) in [6, 6.07) is 5.73. The van der Waals surface area contributed by atoms with E-state index in [2.05, 4.69) is 0 Å². The van der Waals surface area contributed by atoms with Crippen molar-refractivity contribution in [2.75, 3.05) is 14.2 Å². The summed E-state index contributed by atoms with van der Waals surface area (Å²) in [5.41, 5.74) is 0.635. The first-order valence-corrected chi connectivity index (χ1v) is 6.44. The van der Waals surface area contributed by atoms with Crippen molar-refractivity contribution in [2.45, 2.75) is 37.5 Å². The van der Waals surface area contributed by atoms with Gasteiger partial charge in [0.2, 0.25) is 0 Å². The maximum absolute atomic E-state index is 11.6. The molecule has 1 fully saturated rings. The average molecular weight is 248 g/mol. The molecule has 18 heavy (non-hydrogen) atoms. The van der Waals surface area contributed by atoms with Gasteiger partial charge in [-0.25, -0.2) is 0 Å². The van der Waals surface area contributed by atoms with Crippen LogP contribution in [0, 0.1) is 0 Å². The van der Waals surface area contributed by atoms with E-state index in [-0.39, 0.29) is 5.41 Å². The van der Waals surface area contributed by atoms with Crippen molar-refractivity contribution >= 4 is 6.29 Å². The number of carbonyl (C=O) groups excluding carboxylic acids is 1. The number of rotatable bonds is 4. The standard InChI is InChI=1S/C15H20O3/c1-17-12-6-7-13(14(10-12)18-2)15(11-16)8-4-3-5-9-15/h6-7,10-11H,3-5,8-9H2,1-2H3. The monoisotopic (exact) mass is 248 g/mol. The Kier molecular flexibility index (Phi) is 3.90. The van der Waals surface area contributed by atoms with E-state index in [1.54, 1.807) is 14.2 Å². The molecule has 0 aromatic heterocycles. The van der Waals surface area contributed by atoms with Crippen LogP contribution in [0.2, 0.25) is 0 Å². The Bertz CT molecular complexity index is 420. The summed E-state index contributed by atoms with van der Waals surface area (Å²) < 4.78 is 10.6. The first-order valence-electron chi connectivity index (χ1n) is 6.44. The molecule has 3 nitrogen and oxygen atoms in total. The van der Waals surface area contributed by atoms with E-state index in [9.17, 15) is 4.79 Å². The zero-order chi connectivity index (χ0) is 13.0. The highest BCUT2D eigenvalue weighted by Gasteiger charge is 2.36. The molecule has 1 aromatic rings. The van der Waals surface area contributed by atoms with Crippen LogP contribution in [0.15, 0.2) is 18.2 Å². The smallest absolute Gasteiger partial charge is 0.130 e. The molecule has 0 spiro atoms. The first-order chi connectivity index (χ1) is 8.75. The van der Waals surface area contributed by atoms with Crippen LogP contribution in [0.5, 0.6) is 11.5 Å². The van der Waals surface area contributed by atoms with Crippen LogP contribution in [0.3, 0.4) is 0 Å². The fraction of sp³-hybridized carbons (Fsp3) is 0.533. The molecule has 0 radical (unpaired) electrons. The largest absolute Gasteiger partial charge is 0.497 e. The van der Waals surface area contributed by atoms with E-state index in [4.69, 9.17) is 9.47 Å². The lowest BCUT2D eigenvalue weighted by molar-refractivity contribution is -0.113. The number of ether oxygens (including phenoxy) is 2. The van der Waals surface area contributed by atoms with Crippen LogP contribution in [0.4, 0.5) is 0 Å². The van der Waals surface area contributed by atoms with Crippen LogP contribution in [0.25, 0.3) is 0 Å². The van der Waals surface area contributed by atoms with Gasteiger partial charge >= 0.3 is 0 Å². The van der Waals surface area contributed by atoms with E-state index in [0.29, 0.717) is 0 Å². The van der Waals surface area contributed by atoms with Crippen LogP contribution < -0.4 is 9.47 Å². The Balaban J connectivity index is 2.44. The molecule has 1 saturated carbocycles. The Morgan fingerprint density at radius 3 is 2.39 bits per heavy atom. The molecule has 1 aliphatic rings. The Labute approximate surface area is 108 Å². The molecule has 0 saturated heterocycles. The number of hydrogen-bond acceptors (Lipinski definition) is 3. The SMILES string of the molecule is COc1ccc(C2(C=O)CCCCC2)c(OC)c1. The van der Waals surface area contributed by atoms with Gasteiger partial charge in [0.1, 0.15) is 17.8 Å². The normalized spacial score (nSPS) is 18.1. The molecule has 0 heterocycles. The van der Waals surface area contributed by atoms with Crippen molar-refractivity contribution in [3.05, 3.63) is 23.8 Å². The predicted molar refractivity (Wildman–Crippen MR) is 70.4 cm³/mol. The lowest BCUT2D eigenvalue weighted by Gasteiger charge is -2.33. The molecule has 1 aromatic carbocycles. The molecular weight excluding hydrogens is 228 g/mol. The highest BCUT2D eigenvalue weighted by Crippen LogP contribution is 2.42. The third-order valence-corrected chi connectivity index (χ3v) is 3.92. The van der Waals surface area contributed by atoms with E-state index in [1.807, 2.05) is 18.2 Å². The zero-order valence-electron chi connectivity index (χ0n) is 11.1. The molecule has 1 aliphatic carbocycles. The molecule has 0 atom stereocenters. The van der Waals surface area contributed by atoms with Gasteiger partial charge in [0, 0.05) is 11.6 Å². The number of aldehydes is 1. The van der Waals surface area contributed by atoms with E-state index < -0.39 is 0 Å². The minimum absolute atomic E-state index is 0.365.